The van der Waals surface area contributed by atoms with Crippen LogP contribution in [0.15, 0.2) is 54.6 Å². The summed E-state index contributed by atoms with van der Waals surface area (Å²) in [6, 6.07) is 19.2. The van der Waals surface area contributed by atoms with Crippen molar-refractivity contribution in [3.8, 4) is 5.75 Å². The molecule has 2 rings (SSSR count). The summed E-state index contributed by atoms with van der Waals surface area (Å²) in [5.41, 5.74) is 3.07. The Morgan fingerprint density at radius 3 is 2.10 bits per heavy atom. The van der Waals surface area contributed by atoms with E-state index in [2.05, 4.69) is 96.4 Å². The molecule has 174 valence electrons. The molecule has 0 fully saturated rings. The van der Waals surface area contributed by atoms with Gasteiger partial charge in [-0.2, -0.15) is 0 Å². The van der Waals surface area contributed by atoms with E-state index in [1.165, 1.54) is 17.5 Å². The van der Waals surface area contributed by atoms with Crippen molar-refractivity contribution in [2.75, 3.05) is 40.5 Å². The van der Waals surface area contributed by atoms with Crippen molar-refractivity contribution in [3.05, 3.63) is 65.7 Å². The van der Waals surface area contributed by atoms with Crippen LogP contribution in [0.5, 0.6) is 5.75 Å². The van der Waals surface area contributed by atoms with Gasteiger partial charge in [-0.3, -0.25) is 0 Å². The number of hydrogen-bond donors (Lipinski definition) is 0. The molecular formula is C27H42ClNO2. The summed E-state index contributed by atoms with van der Waals surface area (Å²) in [6.45, 7) is 13.2. The number of nitrogens with zero attached hydrogens (tertiary/aromatic N) is 1. The molecule has 0 unspecified atom stereocenters. The van der Waals surface area contributed by atoms with Crippen molar-refractivity contribution in [2.45, 2.75) is 47.1 Å². The Balaban J connectivity index is 0.00000480. The Labute approximate surface area is 196 Å². The zero-order valence-corrected chi connectivity index (χ0v) is 21.1. The summed E-state index contributed by atoms with van der Waals surface area (Å²) >= 11 is 0. The minimum absolute atomic E-state index is 0. The molecule has 0 amide bonds. The van der Waals surface area contributed by atoms with Crippen LogP contribution in [0.2, 0.25) is 0 Å². The molecule has 2 aromatic rings. The van der Waals surface area contributed by atoms with Gasteiger partial charge in [0.15, 0.2) is 0 Å². The van der Waals surface area contributed by atoms with Crippen LogP contribution in [-0.2, 0) is 17.7 Å². The number of rotatable bonds is 13. The molecule has 0 N–H and O–H groups in total. The molecule has 0 aromatic heterocycles. The summed E-state index contributed by atoms with van der Waals surface area (Å²) in [7, 11) is 4.49. The highest BCUT2D eigenvalue weighted by atomic mass is 35.5. The van der Waals surface area contributed by atoms with E-state index in [4.69, 9.17) is 9.47 Å². The summed E-state index contributed by atoms with van der Waals surface area (Å²) in [5.74, 6) is 1.65. The first kappa shape index (κ1) is 27.5. The van der Waals surface area contributed by atoms with Gasteiger partial charge in [0.1, 0.15) is 25.4 Å². The second kappa shape index (κ2) is 13.1. The summed E-state index contributed by atoms with van der Waals surface area (Å²) < 4.78 is 12.6. The van der Waals surface area contributed by atoms with Gasteiger partial charge in [-0.05, 0) is 41.9 Å². The second-order valence-electron chi connectivity index (χ2n) is 10.3. The number of hydrogen-bond acceptors (Lipinski definition) is 2. The van der Waals surface area contributed by atoms with Gasteiger partial charge < -0.3 is 26.4 Å². The largest absolute Gasteiger partial charge is 1.00 e. The van der Waals surface area contributed by atoms with E-state index >= 15 is 0 Å². The van der Waals surface area contributed by atoms with Gasteiger partial charge in [0, 0.05) is 5.56 Å². The number of halogens is 1. The van der Waals surface area contributed by atoms with E-state index in [0.29, 0.717) is 18.6 Å². The zero-order chi connectivity index (χ0) is 22.0. The van der Waals surface area contributed by atoms with E-state index in [1.54, 1.807) is 0 Å². The summed E-state index contributed by atoms with van der Waals surface area (Å²) in [6.07, 6.45) is 2.34. The van der Waals surface area contributed by atoms with Gasteiger partial charge in [-0.15, -0.1) is 0 Å². The lowest BCUT2D eigenvalue weighted by Crippen LogP contribution is -3.00. The number of benzene rings is 2. The van der Waals surface area contributed by atoms with Crippen molar-refractivity contribution >= 4 is 0 Å². The van der Waals surface area contributed by atoms with E-state index < -0.39 is 0 Å². The quantitative estimate of drug-likeness (QED) is 0.347. The fourth-order valence-corrected chi connectivity index (χ4v) is 4.22. The van der Waals surface area contributed by atoms with E-state index in [0.717, 1.165) is 42.3 Å². The van der Waals surface area contributed by atoms with Gasteiger partial charge in [0.2, 0.25) is 0 Å². The third kappa shape index (κ3) is 11.6. The highest BCUT2D eigenvalue weighted by Crippen LogP contribution is 2.30. The van der Waals surface area contributed by atoms with Crippen molar-refractivity contribution in [1.82, 2.24) is 0 Å². The van der Waals surface area contributed by atoms with Crippen LogP contribution in [-0.4, -0.2) is 44.9 Å². The monoisotopic (exact) mass is 447 g/mol. The first-order valence-electron chi connectivity index (χ1n) is 11.3. The topological polar surface area (TPSA) is 18.5 Å². The van der Waals surface area contributed by atoms with Crippen LogP contribution < -0.4 is 17.1 Å². The molecule has 0 saturated carbocycles. The van der Waals surface area contributed by atoms with Gasteiger partial charge in [0.25, 0.3) is 0 Å². The van der Waals surface area contributed by atoms with Crippen molar-refractivity contribution in [1.29, 1.82) is 0 Å². The van der Waals surface area contributed by atoms with Crippen LogP contribution in [0.25, 0.3) is 0 Å². The van der Waals surface area contributed by atoms with Crippen molar-refractivity contribution < 1.29 is 26.4 Å². The molecule has 2 aromatic carbocycles. The maximum Gasteiger partial charge on any atom is 0.119 e. The molecule has 4 heteroatoms. The molecule has 0 atom stereocenters. The Kier molecular flexibility index (Phi) is 11.6. The van der Waals surface area contributed by atoms with E-state index in [1.807, 2.05) is 0 Å². The van der Waals surface area contributed by atoms with E-state index in [-0.39, 0.29) is 12.4 Å². The molecule has 3 nitrogen and oxygen atoms in total. The standard InChI is InChI=1S/C27H42NO2.ClH/c1-23(2)20-27(3,4)21-24-12-14-26(15-13-24)30-19-18-29-17-16-28(5,6)22-25-10-8-7-9-11-25;/h7-15,23H,16-22H2,1-6H3;1H/q+1;/p-1. The molecule has 0 radical (unpaired) electrons. The van der Waals surface area contributed by atoms with Gasteiger partial charge in [0.05, 0.1) is 27.3 Å². The highest BCUT2D eigenvalue weighted by molar-refractivity contribution is 5.27. The summed E-state index contributed by atoms with van der Waals surface area (Å²) in [4.78, 5) is 0. The Morgan fingerprint density at radius 2 is 1.48 bits per heavy atom. The normalized spacial score (nSPS) is 12.0. The minimum Gasteiger partial charge on any atom is -1.00 e. The molecule has 0 heterocycles. The number of likely N-dealkylation sites (N-methyl/N-ethyl adjacent to an activating group) is 1. The summed E-state index contributed by atoms with van der Waals surface area (Å²) in [5, 5.41) is 0. The average Bonchev–Trinajstić information content (AvgIpc) is 2.65. The zero-order valence-electron chi connectivity index (χ0n) is 20.4. The maximum atomic E-state index is 5.85. The van der Waals surface area contributed by atoms with Crippen LogP contribution in [0, 0.1) is 11.3 Å². The predicted octanol–water partition coefficient (Wildman–Crippen LogP) is 2.98. The van der Waals surface area contributed by atoms with Crippen molar-refractivity contribution in [3.63, 3.8) is 0 Å². The number of quaternary nitrogens is 1. The Bertz CT molecular complexity index is 727. The molecule has 0 spiro atoms. The first-order chi connectivity index (χ1) is 14.2. The highest BCUT2D eigenvalue weighted by Gasteiger charge is 2.20. The third-order valence-corrected chi connectivity index (χ3v) is 5.36. The predicted molar refractivity (Wildman–Crippen MR) is 127 cm³/mol. The molecule has 0 aliphatic heterocycles. The van der Waals surface area contributed by atoms with Crippen LogP contribution in [0.1, 0.15) is 45.2 Å². The van der Waals surface area contributed by atoms with Crippen LogP contribution in [0.4, 0.5) is 0 Å². The first-order valence-corrected chi connectivity index (χ1v) is 11.3. The molecule has 0 saturated heterocycles. The van der Waals surface area contributed by atoms with Gasteiger partial charge in [-0.1, -0.05) is 70.2 Å². The smallest absolute Gasteiger partial charge is 0.119 e. The lowest BCUT2D eigenvalue weighted by Gasteiger charge is -2.29. The van der Waals surface area contributed by atoms with Gasteiger partial charge >= 0.3 is 0 Å². The third-order valence-electron chi connectivity index (χ3n) is 5.36. The Morgan fingerprint density at radius 1 is 0.839 bits per heavy atom. The average molecular weight is 448 g/mol. The van der Waals surface area contributed by atoms with Crippen LogP contribution >= 0.6 is 0 Å². The fourth-order valence-electron chi connectivity index (χ4n) is 4.22. The second-order valence-corrected chi connectivity index (χ2v) is 10.3. The fraction of sp³-hybridized carbons (Fsp3) is 0.556. The van der Waals surface area contributed by atoms with E-state index in [9.17, 15) is 0 Å². The molecule has 0 aliphatic carbocycles. The van der Waals surface area contributed by atoms with Crippen LogP contribution in [0.3, 0.4) is 0 Å². The lowest BCUT2D eigenvalue weighted by molar-refractivity contribution is -0.904. The maximum absolute atomic E-state index is 5.85. The molecule has 0 aliphatic rings. The minimum atomic E-state index is 0. The Hall–Kier alpha value is -1.55. The van der Waals surface area contributed by atoms with Gasteiger partial charge in [-0.25, -0.2) is 0 Å². The number of ether oxygens (including phenoxy) is 2. The molecular weight excluding hydrogens is 406 g/mol. The lowest BCUT2D eigenvalue weighted by atomic mass is 9.79. The SMILES string of the molecule is CC(C)CC(C)(C)Cc1ccc(OCCOCC[N+](C)(C)Cc2ccccc2)cc1.[Cl-]. The van der Waals surface area contributed by atoms with Crippen molar-refractivity contribution in [2.24, 2.45) is 11.3 Å². The molecule has 31 heavy (non-hydrogen) atoms. The molecule has 0 bridgehead atoms.